The molecule has 0 amide bonds. The van der Waals surface area contributed by atoms with E-state index in [1.54, 1.807) is 12.1 Å². The summed E-state index contributed by atoms with van der Waals surface area (Å²) < 4.78 is 8.31. The van der Waals surface area contributed by atoms with Crippen LogP contribution in [0.15, 0.2) is 53.6 Å². The summed E-state index contributed by atoms with van der Waals surface area (Å²) >= 11 is 7.75. The summed E-state index contributed by atoms with van der Waals surface area (Å²) in [6.45, 7) is 0. The van der Waals surface area contributed by atoms with Gasteiger partial charge < -0.3 is 20.5 Å². The quantitative estimate of drug-likeness (QED) is 0.337. The molecule has 9 heteroatoms. The van der Waals surface area contributed by atoms with Gasteiger partial charge in [-0.2, -0.15) is 4.98 Å². The fourth-order valence-electron chi connectivity index (χ4n) is 2.32. The molecule has 0 atom stereocenters. The first-order valence-corrected chi connectivity index (χ1v) is 9.16. The van der Waals surface area contributed by atoms with E-state index in [9.17, 15) is 5.11 Å². The lowest BCUT2D eigenvalue weighted by Crippen LogP contribution is -2.03. The van der Waals surface area contributed by atoms with Crippen molar-refractivity contribution in [3.05, 3.63) is 53.7 Å². The maximum absolute atomic E-state index is 9.58. The molecule has 1 aromatic heterocycles. The molecule has 1 heterocycles. The molecule has 0 fully saturated rings. The van der Waals surface area contributed by atoms with Crippen LogP contribution in [-0.2, 0) is 0 Å². The summed E-state index contributed by atoms with van der Waals surface area (Å²) in [5.41, 5.74) is 1.49. The van der Waals surface area contributed by atoms with Crippen LogP contribution in [-0.4, -0.2) is 29.2 Å². The Balaban J connectivity index is 1.87. The van der Waals surface area contributed by atoms with Crippen molar-refractivity contribution in [3.8, 4) is 11.5 Å². The van der Waals surface area contributed by atoms with Crippen molar-refractivity contribution in [2.75, 3.05) is 24.8 Å². The molecule has 0 aliphatic rings. The summed E-state index contributed by atoms with van der Waals surface area (Å²) in [7, 11) is 3.37. The van der Waals surface area contributed by atoms with Gasteiger partial charge in [0, 0.05) is 11.0 Å². The molecule has 0 unspecified atom stereocenters. The van der Waals surface area contributed by atoms with Crippen LogP contribution in [0.4, 0.5) is 23.1 Å². The second-order valence-corrected chi connectivity index (χ2v) is 6.79. The van der Waals surface area contributed by atoms with Crippen LogP contribution in [0, 0.1) is 0 Å². The Labute approximate surface area is 166 Å². The fourth-order valence-corrected chi connectivity index (χ4v) is 3.05. The number of para-hydroxylation sites is 1. The first-order valence-electron chi connectivity index (χ1n) is 7.97. The van der Waals surface area contributed by atoms with Crippen LogP contribution in [0.25, 0.3) is 0 Å². The average molecular weight is 404 g/mol. The van der Waals surface area contributed by atoms with Gasteiger partial charge in [-0.1, -0.05) is 23.7 Å². The van der Waals surface area contributed by atoms with Gasteiger partial charge in [-0.3, -0.25) is 4.72 Å². The van der Waals surface area contributed by atoms with E-state index in [0.717, 1.165) is 10.6 Å². The number of aromatic hydroxyl groups is 1. The van der Waals surface area contributed by atoms with Crippen LogP contribution in [0.3, 0.4) is 0 Å². The Hall–Kier alpha value is -2.68. The van der Waals surface area contributed by atoms with Crippen molar-refractivity contribution in [2.24, 2.45) is 0 Å². The highest BCUT2D eigenvalue weighted by Crippen LogP contribution is 2.32. The van der Waals surface area contributed by atoms with Crippen LogP contribution in [0.1, 0.15) is 0 Å². The molecule has 27 heavy (non-hydrogen) atoms. The molecule has 0 aliphatic carbocycles. The standard InChI is InChI=1S/C18H18ClN5O2S/c1-20-27-16-6-4-3-5-14(16)22-17-12(19)10-21-18(24-17)23-13-8-7-11(25)9-15(13)26-2/h3-10,20,25H,1-2H3,(H2,21,22,23,24). The number of phenolic OH excluding ortho intramolecular Hbond substituents is 1. The van der Waals surface area contributed by atoms with Crippen LogP contribution < -0.4 is 20.1 Å². The molecule has 3 rings (SSSR count). The van der Waals surface area contributed by atoms with Gasteiger partial charge >= 0.3 is 0 Å². The third-order valence-corrected chi connectivity index (χ3v) is 4.58. The van der Waals surface area contributed by atoms with Crippen LogP contribution in [0.2, 0.25) is 5.02 Å². The summed E-state index contributed by atoms with van der Waals surface area (Å²) in [5, 5.41) is 16.3. The molecular weight excluding hydrogens is 386 g/mol. The zero-order valence-electron chi connectivity index (χ0n) is 14.7. The van der Waals surface area contributed by atoms with Gasteiger partial charge in [0.25, 0.3) is 0 Å². The second-order valence-electron chi connectivity index (χ2n) is 5.33. The minimum absolute atomic E-state index is 0.107. The normalized spacial score (nSPS) is 10.5. The topological polar surface area (TPSA) is 91.3 Å². The number of ether oxygens (including phenoxy) is 1. The molecule has 0 saturated heterocycles. The molecule has 7 nitrogen and oxygen atoms in total. The summed E-state index contributed by atoms with van der Waals surface area (Å²) in [6.07, 6.45) is 1.51. The molecule has 2 aromatic carbocycles. The molecule has 0 bridgehead atoms. The largest absolute Gasteiger partial charge is 0.508 e. The molecule has 140 valence electrons. The number of phenols is 1. The Morgan fingerprint density at radius 2 is 1.93 bits per heavy atom. The van der Waals surface area contributed by atoms with Crippen LogP contribution in [0.5, 0.6) is 11.5 Å². The van der Waals surface area contributed by atoms with Gasteiger partial charge in [0.05, 0.1) is 24.7 Å². The van der Waals surface area contributed by atoms with Gasteiger partial charge in [0.2, 0.25) is 5.95 Å². The molecule has 3 aromatic rings. The van der Waals surface area contributed by atoms with Crippen molar-refractivity contribution in [1.29, 1.82) is 0 Å². The van der Waals surface area contributed by atoms with E-state index in [0.29, 0.717) is 28.2 Å². The maximum Gasteiger partial charge on any atom is 0.229 e. The number of halogens is 1. The number of hydrogen-bond acceptors (Lipinski definition) is 8. The van der Waals surface area contributed by atoms with Crippen molar-refractivity contribution in [3.63, 3.8) is 0 Å². The number of benzene rings is 2. The summed E-state index contributed by atoms with van der Waals surface area (Å²) in [6, 6.07) is 12.5. The predicted octanol–water partition coefficient (Wildman–Crippen LogP) is 4.56. The zero-order chi connectivity index (χ0) is 19.2. The fraction of sp³-hybridized carbons (Fsp3) is 0.111. The molecule has 4 N–H and O–H groups in total. The Bertz CT molecular complexity index is 941. The Morgan fingerprint density at radius 1 is 1.11 bits per heavy atom. The third kappa shape index (κ3) is 4.73. The van der Waals surface area contributed by atoms with Gasteiger partial charge in [0.1, 0.15) is 16.5 Å². The second kappa shape index (κ2) is 8.81. The number of methoxy groups -OCH3 is 1. The van der Waals surface area contributed by atoms with E-state index in [1.807, 2.05) is 31.3 Å². The first-order chi connectivity index (χ1) is 13.1. The Kier molecular flexibility index (Phi) is 6.23. The van der Waals surface area contributed by atoms with E-state index < -0.39 is 0 Å². The van der Waals surface area contributed by atoms with Gasteiger partial charge in [-0.25, -0.2) is 4.98 Å². The van der Waals surface area contributed by atoms with Crippen molar-refractivity contribution in [2.45, 2.75) is 4.90 Å². The predicted molar refractivity (Wildman–Crippen MR) is 110 cm³/mol. The molecule has 0 saturated carbocycles. The van der Waals surface area contributed by atoms with E-state index in [-0.39, 0.29) is 5.75 Å². The van der Waals surface area contributed by atoms with Gasteiger partial charge in [-0.15, -0.1) is 0 Å². The minimum atomic E-state index is 0.107. The smallest absolute Gasteiger partial charge is 0.229 e. The molecular formula is C18H18ClN5O2S. The van der Waals surface area contributed by atoms with Crippen molar-refractivity contribution >= 4 is 46.7 Å². The molecule has 0 spiro atoms. The number of nitrogens with one attached hydrogen (secondary N) is 3. The zero-order valence-corrected chi connectivity index (χ0v) is 16.2. The van der Waals surface area contributed by atoms with Crippen LogP contribution >= 0.6 is 23.5 Å². The van der Waals surface area contributed by atoms with E-state index in [1.165, 1.54) is 31.3 Å². The van der Waals surface area contributed by atoms with Crippen molar-refractivity contribution in [1.82, 2.24) is 14.7 Å². The number of rotatable bonds is 7. The van der Waals surface area contributed by atoms with E-state index in [4.69, 9.17) is 16.3 Å². The van der Waals surface area contributed by atoms with Crippen molar-refractivity contribution < 1.29 is 9.84 Å². The number of nitrogens with zero attached hydrogens (tertiary/aromatic N) is 2. The lowest BCUT2D eigenvalue weighted by Gasteiger charge is -2.14. The lowest BCUT2D eigenvalue weighted by atomic mass is 10.3. The highest BCUT2D eigenvalue weighted by Gasteiger charge is 2.11. The monoisotopic (exact) mass is 403 g/mol. The van der Waals surface area contributed by atoms with Gasteiger partial charge in [0.15, 0.2) is 5.82 Å². The lowest BCUT2D eigenvalue weighted by molar-refractivity contribution is 0.409. The molecule has 0 radical (unpaired) electrons. The average Bonchev–Trinajstić information content (AvgIpc) is 2.67. The van der Waals surface area contributed by atoms with Gasteiger partial charge in [-0.05, 0) is 43.3 Å². The Morgan fingerprint density at radius 3 is 2.70 bits per heavy atom. The maximum atomic E-state index is 9.58. The highest BCUT2D eigenvalue weighted by molar-refractivity contribution is 7.97. The highest BCUT2D eigenvalue weighted by atomic mass is 35.5. The van der Waals surface area contributed by atoms with E-state index >= 15 is 0 Å². The number of hydrogen-bond donors (Lipinski definition) is 4. The summed E-state index contributed by atoms with van der Waals surface area (Å²) in [4.78, 5) is 9.66. The molecule has 0 aliphatic heterocycles. The number of aromatic nitrogens is 2. The summed E-state index contributed by atoms with van der Waals surface area (Å²) in [5.74, 6) is 1.38. The SMILES string of the molecule is CNSc1ccccc1Nc1nc(Nc2ccc(O)cc2OC)ncc1Cl. The number of anilines is 4. The van der Waals surface area contributed by atoms with E-state index in [2.05, 4.69) is 25.3 Å². The third-order valence-electron chi connectivity index (χ3n) is 3.53. The first kappa shape index (κ1) is 19.1. The minimum Gasteiger partial charge on any atom is -0.508 e.